The quantitative estimate of drug-likeness (QED) is 0.783. The van der Waals surface area contributed by atoms with Crippen LogP contribution < -0.4 is 5.32 Å². The molecule has 0 aliphatic carbocycles. The summed E-state index contributed by atoms with van der Waals surface area (Å²) >= 11 is 2.82. The molecule has 0 aliphatic rings. The monoisotopic (exact) mass is 304 g/mol. The Kier molecular flexibility index (Phi) is 3.42. The normalized spacial score (nSPS) is 10.7. The van der Waals surface area contributed by atoms with E-state index in [2.05, 4.69) is 10.3 Å². The van der Waals surface area contributed by atoms with Gasteiger partial charge in [0.05, 0.1) is 4.88 Å². The number of carbonyl (C=O) groups excluding carboxylic acids is 1. The lowest BCUT2D eigenvalue weighted by Crippen LogP contribution is -2.10. The Labute approximate surface area is 124 Å². The highest BCUT2D eigenvalue weighted by Gasteiger charge is 2.14. The van der Waals surface area contributed by atoms with Crippen LogP contribution in [-0.4, -0.2) is 10.9 Å². The molecule has 0 spiro atoms. The molecule has 0 radical (unpaired) electrons. The number of anilines is 1. The largest absolute Gasteiger partial charge is 0.460 e. The molecule has 0 unspecified atom stereocenters. The second-order valence-electron chi connectivity index (χ2n) is 4.34. The number of thiazole rings is 1. The zero-order valence-corrected chi connectivity index (χ0v) is 12.6. The zero-order chi connectivity index (χ0) is 14.1. The summed E-state index contributed by atoms with van der Waals surface area (Å²) < 4.78 is 5.51. The average molecular weight is 304 g/mol. The Hall–Kier alpha value is -1.92. The van der Waals surface area contributed by atoms with Gasteiger partial charge in [-0.2, -0.15) is 0 Å². The molecule has 3 rings (SSSR count). The topological polar surface area (TPSA) is 55.1 Å². The molecule has 0 aliphatic heterocycles. The minimum atomic E-state index is -0.117. The molecule has 0 fully saturated rings. The minimum Gasteiger partial charge on any atom is -0.460 e. The number of hydrogen-bond acceptors (Lipinski definition) is 5. The van der Waals surface area contributed by atoms with Crippen molar-refractivity contribution in [2.24, 2.45) is 0 Å². The van der Waals surface area contributed by atoms with Gasteiger partial charge < -0.3 is 4.42 Å². The molecule has 102 valence electrons. The third kappa shape index (κ3) is 2.52. The third-order valence-corrected chi connectivity index (χ3v) is 4.56. The van der Waals surface area contributed by atoms with Crippen LogP contribution in [0.1, 0.15) is 21.0 Å². The van der Waals surface area contributed by atoms with E-state index >= 15 is 0 Å². The molecular weight excluding hydrogens is 292 g/mol. The van der Waals surface area contributed by atoms with Crippen molar-refractivity contribution >= 4 is 33.7 Å². The van der Waals surface area contributed by atoms with Gasteiger partial charge in [0, 0.05) is 5.38 Å². The number of aromatic nitrogens is 1. The van der Waals surface area contributed by atoms with Crippen molar-refractivity contribution in [3.63, 3.8) is 0 Å². The van der Waals surface area contributed by atoms with E-state index in [1.165, 1.54) is 22.7 Å². The molecule has 6 heteroatoms. The first-order valence-electron chi connectivity index (χ1n) is 6.01. The number of nitrogens with zero attached hydrogens (tertiary/aromatic N) is 1. The molecule has 1 N–H and O–H groups in total. The van der Waals surface area contributed by atoms with E-state index in [4.69, 9.17) is 4.42 Å². The maximum atomic E-state index is 12.1. The summed E-state index contributed by atoms with van der Waals surface area (Å²) in [7, 11) is 0. The van der Waals surface area contributed by atoms with Crippen molar-refractivity contribution in [1.29, 1.82) is 0 Å². The second kappa shape index (κ2) is 5.22. The summed E-state index contributed by atoms with van der Waals surface area (Å²) in [6.45, 7) is 3.81. The Morgan fingerprint density at radius 2 is 2.10 bits per heavy atom. The summed E-state index contributed by atoms with van der Waals surface area (Å²) in [5.41, 5.74) is 1.72. The Balaban J connectivity index is 1.78. The number of carbonyl (C=O) groups is 1. The molecule has 1 amide bonds. The van der Waals surface area contributed by atoms with Crippen LogP contribution in [0, 0.1) is 13.8 Å². The molecule has 4 nitrogen and oxygen atoms in total. The van der Waals surface area contributed by atoms with Gasteiger partial charge in [-0.15, -0.1) is 22.7 Å². The predicted octanol–water partition coefficient (Wildman–Crippen LogP) is 4.33. The van der Waals surface area contributed by atoms with Gasteiger partial charge in [0.25, 0.3) is 5.91 Å². The summed E-state index contributed by atoms with van der Waals surface area (Å²) in [5, 5.41) is 7.17. The first kappa shape index (κ1) is 13.1. The van der Waals surface area contributed by atoms with Crippen LogP contribution in [0.25, 0.3) is 11.5 Å². The van der Waals surface area contributed by atoms with E-state index in [1.807, 2.05) is 42.8 Å². The molecule has 3 aromatic heterocycles. The standard InChI is InChI=1S/C14H12N2O2S2/c1-8-5-6-19-12(8)13(17)16-14-15-10(7-20-14)11-4-3-9(2)18-11/h3-7H,1-2H3,(H,15,16,17). The number of rotatable bonds is 3. The molecule has 0 saturated heterocycles. The average Bonchev–Trinajstić information content (AvgIpc) is 3.10. The number of thiophene rings is 1. The summed E-state index contributed by atoms with van der Waals surface area (Å²) in [4.78, 5) is 17.2. The fourth-order valence-electron chi connectivity index (χ4n) is 1.78. The van der Waals surface area contributed by atoms with Gasteiger partial charge in [-0.1, -0.05) is 0 Å². The van der Waals surface area contributed by atoms with E-state index in [9.17, 15) is 4.79 Å². The highest BCUT2D eigenvalue weighted by atomic mass is 32.1. The Morgan fingerprint density at radius 1 is 1.25 bits per heavy atom. The number of hydrogen-bond donors (Lipinski definition) is 1. The van der Waals surface area contributed by atoms with Gasteiger partial charge >= 0.3 is 0 Å². The van der Waals surface area contributed by atoms with E-state index in [0.717, 1.165) is 21.9 Å². The summed E-state index contributed by atoms with van der Waals surface area (Å²) in [6, 6.07) is 5.69. The van der Waals surface area contributed by atoms with Crippen molar-refractivity contribution in [3.05, 3.63) is 45.2 Å². The maximum Gasteiger partial charge on any atom is 0.267 e. The fraction of sp³-hybridized carbons (Fsp3) is 0.143. The van der Waals surface area contributed by atoms with Crippen LogP contribution in [0.5, 0.6) is 0 Å². The van der Waals surface area contributed by atoms with Crippen molar-refractivity contribution < 1.29 is 9.21 Å². The minimum absolute atomic E-state index is 0.117. The first-order valence-corrected chi connectivity index (χ1v) is 7.77. The van der Waals surface area contributed by atoms with E-state index in [0.29, 0.717) is 10.9 Å². The smallest absolute Gasteiger partial charge is 0.267 e. The van der Waals surface area contributed by atoms with Crippen LogP contribution >= 0.6 is 22.7 Å². The maximum absolute atomic E-state index is 12.1. The van der Waals surface area contributed by atoms with Crippen LogP contribution in [0.4, 0.5) is 5.13 Å². The van der Waals surface area contributed by atoms with Crippen molar-refractivity contribution in [3.8, 4) is 11.5 Å². The highest BCUT2D eigenvalue weighted by Crippen LogP contribution is 2.27. The van der Waals surface area contributed by atoms with Crippen molar-refractivity contribution in [1.82, 2.24) is 4.98 Å². The Bertz CT molecular complexity index is 755. The lowest BCUT2D eigenvalue weighted by Gasteiger charge is -1.99. The third-order valence-electron chi connectivity index (χ3n) is 2.79. The molecule has 3 aromatic rings. The van der Waals surface area contributed by atoms with E-state index in [1.54, 1.807) is 0 Å². The molecule has 0 atom stereocenters. The van der Waals surface area contributed by atoms with Gasteiger partial charge in [0.2, 0.25) is 0 Å². The number of furan rings is 1. The molecule has 0 saturated carbocycles. The lowest BCUT2D eigenvalue weighted by molar-refractivity contribution is 0.103. The van der Waals surface area contributed by atoms with Crippen molar-refractivity contribution in [2.75, 3.05) is 5.32 Å². The number of aryl methyl sites for hydroxylation is 2. The van der Waals surface area contributed by atoms with Gasteiger partial charge in [-0.3, -0.25) is 10.1 Å². The number of nitrogens with one attached hydrogen (secondary N) is 1. The molecular formula is C14H12N2O2S2. The summed E-state index contributed by atoms with van der Waals surface area (Å²) in [5.74, 6) is 1.44. The highest BCUT2D eigenvalue weighted by molar-refractivity contribution is 7.14. The fourth-order valence-corrected chi connectivity index (χ4v) is 3.29. The van der Waals surface area contributed by atoms with E-state index in [-0.39, 0.29) is 5.91 Å². The van der Waals surface area contributed by atoms with E-state index < -0.39 is 0 Å². The van der Waals surface area contributed by atoms with Crippen LogP contribution in [0.2, 0.25) is 0 Å². The first-order chi connectivity index (χ1) is 9.63. The molecule has 3 heterocycles. The van der Waals surface area contributed by atoms with Gasteiger partial charge in [0.1, 0.15) is 11.5 Å². The molecule has 20 heavy (non-hydrogen) atoms. The second-order valence-corrected chi connectivity index (χ2v) is 6.11. The SMILES string of the molecule is Cc1ccc(-c2csc(NC(=O)c3sccc3C)n2)o1. The van der Waals surface area contributed by atoms with Crippen LogP contribution in [0.3, 0.4) is 0 Å². The van der Waals surface area contributed by atoms with Gasteiger partial charge in [-0.25, -0.2) is 4.98 Å². The molecule has 0 aromatic carbocycles. The van der Waals surface area contributed by atoms with Crippen molar-refractivity contribution in [2.45, 2.75) is 13.8 Å². The van der Waals surface area contributed by atoms with Crippen LogP contribution in [-0.2, 0) is 0 Å². The predicted molar refractivity (Wildman–Crippen MR) is 81.6 cm³/mol. The Morgan fingerprint density at radius 3 is 2.75 bits per heavy atom. The zero-order valence-electron chi connectivity index (χ0n) is 11.0. The van der Waals surface area contributed by atoms with Crippen LogP contribution in [0.15, 0.2) is 33.4 Å². The van der Waals surface area contributed by atoms with Gasteiger partial charge in [0.15, 0.2) is 10.9 Å². The lowest BCUT2D eigenvalue weighted by atomic mass is 10.3. The molecule has 0 bridgehead atoms. The van der Waals surface area contributed by atoms with Gasteiger partial charge in [-0.05, 0) is 43.0 Å². The number of amides is 1. The summed E-state index contributed by atoms with van der Waals surface area (Å²) in [6.07, 6.45) is 0.